The Balaban J connectivity index is 1.22. The molecule has 0 bridgehead atoms. The van der Waals surface area contributed by atoms with Gasteiger partial charge in [0.05, 0.1) is 11.8 Å². The van der Waals surface area contributed by atoms with E-state index in [1.807, 2.05) is 0 Å². The van der Waals surface area contributed by atoms with Crippen LogP contribution < -0.4 is 0 Å². The Bertz CT molecular complexity index is 1170. The zero-order valence-corrected chi connectivity index (χ0v) is 30.7. The molecule has 48 heavy (non-hydrogen) atoms. The lowest BCUT2D eigenvalue weighted by molar-refractivity contribution is -0.178. The average Bonchev–Trinajstić information content (AvgIpc) is 3.11. The van der Waals surface area contributed by atoms with Crippen molar-refractivity contribution in [2.24, 2.45) is 23.7 Å². The predicted molar refractivity (Wildman–Crippen MR) is 196 cm³/mol. The van der Waals surface area contributed by atoms with Crippen molar-refractivity contribution in [3.8, 4) is 0 Å². The van der Waals surface area contributed by atoms with Gasteiger partial charge in [0.2, 0.25) is 0 Å². The Labute approximate surface area is 292 Å². The molecule has 264 valence electrons. The van der Waals surface area contributed by atoms with Crippen molar-refractivity contribution in [2.45, 2.75) is 167 Å². The smallest absolute Gasteiger partial charge is 0.309 e. The molecule has 0 N–H and O–H groups in total. The quantitative estimate of drug-likeness (QED) is 0.190. The second-order valence-corrected chi connectivity index (χ2v) is 15.7. The maximum Gasteiger partial charge on any atom is 0.309 e. The van der Waals surface area contributed by atoms with Crippen molar-refractivity contribution in [3.05, 3.63) is 70.8 Å². The Kier molecular flexibility index (Phi) is 13.2. The highest BCUT2D eigenvalue weighted by Crippen LogP contribution is 2.47. The van der Waals surface area contributed by atoms with Crippen molar-refractivity contribution in [2.75, 3.05) is 0 Å². The zero-order valence-electron chi connectivity index (χ0n) is 30.7. The fourth-order valence-corrected chi connectivity index (χ4v) is 9.23. The molecule has 0 aromatic heterocycles. The number of carbonyl (C=O) groups excluding carboxylic acids is 2. The summed E-state index contributed by atoms with van der Waals surface area (Å²) < 4.78 is 13.2. The van der Waals surface area contributed by atoms with Crippen molar-refractivity contribution < 1.29 is 19.1 Å². The number of hydrogen-bond donors (Lipinski definition) is 0. The van der Waals surface area contributed by atoms with Gasteiger partial charge in [0.1, 0.15) is 11.2 Å². The first kappa shape index (κ1) is 36.7. The summed E-state index contributed by atoms with van der Waals surface area (Å²) in [5.41, 5.74) is 3.94. The molecule has 0 saturated heterocycles. The van der Waals surface area contributed by atoms with Gasteiger partial charge in [-0.1, -0.05) is 115 Å². The Morgan fingerprint density at radius 2 is 0.854 bits per heavy atom. The summed E-state index contributed by atoms with van der Waals surface area (Å²) >= 11 is 0. The maximum atomic E-state index is 13.9. The molecule has 3 aliphatic carbocycles. The highest BCUT2D eigenvalue weighted by atomic mass is 16.6. The third-order valence-electron chi connectivity index (χ3n) is 12.2. The SMILES string of the molecule is CCCc1ccc(C2(OC(=O)C3CCC(C(=O)OC4(c5ccc(CCC)cc5)CCC(CCC)CC4)CC3)CCC(CCC)CC2)cc1. The van der Waals surface area contributed by atoms with Crippen molar-refractivity contribution >= 4 is 11.9 Å². The fourth-order valence-electron chi connectivity index (χ4n) is 9.23. The third-order valence-corrected chi connectivity index (χ3v) is 12.2. The standard InChI is InChI=1S/C44H64O4/c1-5-9-33-13-21-39(22-14-33)43(29-25-35(11-7-3)26-30-43)47-41(45)37-17-19-38(20-18-37)42(46)48-44(31-27-36(12-8-4)28-32-44)40-23-15-34(10-6-2)16-24-40/h13-16,21-24,35-38H,5-12,17-20,25-32H2,1-4H3. The van der Waals surface area contributed by atoms with Crippen molar-refractivity contribution in [1.29, 1.82) is 0 Å². The largest absolute Gasteiger partial charge is 0.454 e. The van der Waals surface area contributed by atoms with Crippen LogP contribution in [0.4, 0.5) is 0 Å². The van der Waals surface area contributed by atoms with E-state index < -0.39 is 11.2 Å². The lowest BCUT2D eigenvalue weighted by atomic mass is 9.73. The molecule has 0 amide bonds. The molecule has 4 heteroatoms. The van der Waals surface area contributed by atoms with Crippen LogP contribution in [0.3, 0.4) is 0 Å². The van der Waals surface area contributed by atoms with Gasteiger partial charge < -0.3 is 9.47 Å². The molecule has 0 unspecified atom stereocenters. The minimum atomic E-state index is -0.530. The van der Waals surface area contributed by atoms with Gasteiger partial charge in [-0.15, -0.1) is 0 Å². The molecule has 3 fully saturated rings. The minimum Gasteiger partial charge on any atom is -0.454 e. The average molecular weight is 657 g/mol. The molecule has 0 radical (unpaired) electrons. The van der Waals surface area contributed by atoms with Gasteiger partial charge in [-0.2, -0.15) is 0 Å². The number of ether oxygens (including phenoxy) is 2. The molecular formula is C44H64O4. The molecule has 4 nitrogen and oxygen atoms in total. The van der Waals surface area contributed by atoms with Gasteiger partial charge in [-0.25, -0.2) is 0 Å². The topological polar surface area (TPSA) is 52.6 Å². The third kappa shape index (κ3) is 8.94. The summed E-state index contributed by atoms with van der Waals surface area (Å²) in [6.07, 6.45) is 20.1. The van der Waals surface area contributed by atoms with Gasteiger partial charge in [0.25, 0.3) is 0 Å². The van der Waals surface area contributed by atoms with E-state index in [1.165, 1.54) is 36.8 Å². The monoisotopic (exact) mass is 656 g/mol. The summed E-state index contributed by atoms with van der Waals surface area (Å²) in [7, 11) is 0. The van der Waals surface area contributed by atoms with Crippen LogP contribution in [0, 0.1) is 23.7 Å². The van der Waals surface area contributed by atoms with Crippen LogP contribution in [0.1, 0.15) is 166 Å². The molecule has 0 atom stereocenters. The molecule has 3 saturated carbocycles. The summed E-state index contributed by atoms with van der Waals surface area (Å²) in [5, 5.41) is 0. The molecule has 0 spiro atoms. The van der Waals surface area contributed by atoms with E-state index >= 15 is 0 Å². The van der Waals surface area contributed by atoms with Crippen LogP contribution in [-0.4, -0.2) is 11.9 Å². The van der Waals surface area contributed by atoms with Crippen LogP contribution in [0.2, 0.25) is 0 Å². The van der Waals surface area contributed by atoms with E-state index in [9.17, 15) is 9.59 Å². The number of hydrogen-bond acceptors (Lipinski definition) is 4. The highest BCUT2D eigenvalue weighted by Gasteiger charge is 2.44. The molecule has 3 aliphatic rings. The zero-order chi connectivity index (χ0) is 34.0. The van der Waals surface area contributed by atoms with Crippen LogP contribution in [0.15, 0.2) is 48.5 Å². The van der Waals surface area contributed by atoms with Gasteiger partial charge in [0, 0.05) is 0 Å². The summed E-state index contributed by atoms with van der Waals surface area (Å²) in [4.78, 5) is 27.7. The molecular weight excluding hydrogens is 592 g/mol. The van der Waals surface area contributed by atoms with E-state index in [1.54, 1.807) is 0 Å². The minimum absolute atomic E-state index is 0.0636. The Morgan fingerprint density at radius 1 is 0.521 bits per heavy atom. The molecule has 2 aromatic rings. The van der Waals surface area contributed by atoms with Gasteiger partial charge in [0.15, 0.2) is 0 Å². The van der Waals surface area contributed by atoms with E-state index in [2.05, 4.69) is 76.2 Å². The molecule has 2 aromatic carbocycles. The fraction of sp³-hybridized carbons (Fsp3) is 0.682. The lowest BCUT2D eigenvalue weighted by Crippen LogP contribution is -2.41. The van der Waals surface area contributed by atoms with E-state index in [0.717, 1.165) is 100 Å². The summed E-state index contributed by atoms with van der Waals surface area (Å²) in [6.45, 7) is 8.96. The van der Waals surface area contributed by atoms with Gasteiger partial charge >= 0.3 is 11.9 Å². The first-order valence-electron chi connectivity index (χ1n) is 20.0. The molecule has 0 aliphatic heterocycles. The summed E-state index contributed by atoms with van der Waals surface area (Å²) in [5.74, 6) is 1.02. The Morgan fingerprint density at radius 3 is 1.15 bits per heavy atom. The van der Waals surface area contributed by atoms with Gasteiger partial charge in [-0.3, -0.25) is 9.59 Å². The first-order chi connectivity index (χ1) is 23.3. The highest BCUT2D eigenvalue weighted by molar-refractivity contribution is 5.76. The van der Waals surface area contributed by atoms with E-state index in [-0.39, 0.29) is 23.8 Å². The Hall–Kier alpha value is -2.62. The van der Waals surface area contributed by atoms with Crippen molar-refractivity contribution in [1.82, 2.24) is 0 Å². The van der Waals surface area contributed by atoms with Crippen LogP contribution in [0.25, 0.3) is 0 Å². The second-order valence-electron chi connectivity index (χ2n) is 15.7. The van der Waals surface area contributed by atoms with E-state index in [4.69, 9.17) is 9.47 Å². The number of esters is 2. The lowest BCUT2D eigenvalue weighted by Gasteiger charge is -2.42. The number of rotatable bonds is 14. The number of carbonyl (C=O) groups is 2. The maximum absolute atomic E-state index is 13.9. The van der Waals surface area contributed by atoms with Crippen LogP contribution in [-0.2, 0) is 43.1 Å². The van der Waals surface area contributed by atoms with Crippen molar-refractivity contribution in [3.63, 3.8) is 0 Å². The van der Waals surface area contributed by atoms with Crippen LogP contribution >= 0.6 is 0 Å². The van der Waals surface area contributed by atoms with Crippen LogP contribution in [0.5, 0.6) is 0 Å². The normalized spacial score (nSPS) is 29.2. The first-order valence-corrected chi connectivity index (χ1v) is 20.0. The predicted octanol–water partition coefficient (Wildman–Crippen LogP) is 11.6. The summed E-state index contributed by atoms with van der Waals surface area (Å²) in [6, 6.07) is 17.8. The van der Waals surface area contributed by atoms with Gasteiger partial charge in [-0.05, 0) is 124 Å². The number of benzene rings is 2. The second kappa shape index (κ2) is 17.3. The molecule has 5 rings (SSSR count). The number of aryl methyl sites for hydroxylation is 2. The van der Waals surface area contributed by atoms with E-state index in [0.29, 0.717) is 25.7 Å². The molecule has 0 heterocycles.